The Morgan fingerprint density at radius 3 is 2.09 bits per heavy atom. The topological polar surface area (TPSA) is 54.4 Å². The minimum Gasteiger partial charge on any atom is -0.281 e. The summed E-state index contributed by atoms with van der Waals surface area (Å²) in [5, 5.41) is -5.30. The maximum absolute atomic E-state index is 13.5. The second-order valence-corrected chi connectivity index (χ2v) is 6.34. The second kappa shape index (κ2) is 6.96. The summed E-state index contributed by atoms with van der Waals surface area (Å²) in [6.45, 7) is 1.53. The lowest BCUT2D eigenvalue weighted by Gasteiger charge is -2.26. The van der Waals surface area contributed by atoms with Gasteiger partial charge < -0.3 is 0 Å². The normalized spacial score (nSPS) is 15.5. The van der Waals surface area contributed by atoms with Crippen molar-refractivity contribution in [2.24, 2.45) is 5.92 Å². The molecule has 1 N–H and O–H groups in total. The van der Waals surface area contributed by atoms with Crippen LogP contribution in [0.15, 0.2) is 36.4 Å². The molecule has 0 saturated carbocycles. The zero-order valence-corrected chi connectivity index (χ0v) is 12.8. The lowest BCUT2D eigenvalue weighted by Crippen LogP contribution is -2.45. The summed E-state index contributed by atoms with van der Waals surface area (Å²) in [6, 6.07) is 8.14. The summed E-state index contributed by atoms with van der Waals surface area (Å²) >= 11 is 0. The molecule has 0 aromatic heterocycles. The van der Waals surface area contributed by atoms with Crippen molar-refractivity contribution in [3.8, 4) is 0 Å². The highest BCUT2D eigenvalue weighted by Gasteiger charge is 2.62. The fraction of sp³-hybridized carbons (Fsp3) is 0.429. The van der Waals surface area contributed by atoms with Crippen molar-refractivity contribution in [3.05, 3.63) is 42.0 Å². The van der Waals surface area contributed by atoms with Crippen molar-refractivity contribution in [1.29, 1.82) is 0 Å². The Bertz CT molecular complexity index is 651. The van der Waals surface area contributed by atoms with Gasteiger partial charge in [-0.05, 0) is 30.9 Å². The zero-order chi connectivity index (χ0) is 17.9. The van der Waals surface area contributed by atoms with Crippen LogP contribution in [0.4, 0.5) is 22.0 Å². The van der Waals surface area contributed by atoms with E-state index >= 15 is 0 Å². The van der Waals surface area contributed by atoms with Crippen LogP contribution in [0, 0.1) is 5.92 Å². The molecule has 0 saturated heterocycles. The maximum atomic E-state index is 13.5. The van der Waals surface area contributed by atoms with Crippen molar-refractivity contribution in [1.82, 2.24) is 0 Å². The molecule has 1 aromatic rings. The Kier molecular flexibility index (Phi) is 5.92. The number of alkyl halides is 5. The fourth-order valence-electron chi connectivity index (χ4n) is 2.11. The molecule has 1 rings (SSSR count). The monoisotopic (exact) mass is 358 g/mol. The Morgan fingerprint density at radius 1 is 1.17 bits per heavy atom. The fourth-order valence-corrected chi connectivity index (χ4v) is 2.72. The van der Waals surface area contributed by atoms with Crippen LogP contribution in [0.1, 0.15) is 25.3 Å². The van der Waals surface area contributed by atoms with Gasteiger partial charge in [-0.3, -0.25) is 4.55 Å². The van der Waals surface area contributed by atoms with Crippen LogP contribution in [-0.2, 0) is 10.1 Å². The second-order valence-electron chi connectivity index (χ2n) is 4.85. The van der Waals surface area contributed by atoms with Gasteiger partial charge in [0, 0.05) is 0 Å². The van der Waals surface area contributed by atoms with Gasteiger partial charge in [-0.1, -0.05) is 36.4 Å². The first-order chi connectivity index (χ1) is 10.4. The summed E-state index contributed by atoms with van der Waals surface area (Å²) < 4.78 is 95.1. The number of rotatable bonds is 6. The van der Waals surface area contributed by atoms with Crippen LogP contribution in [0.2, 0.25) is 0 Å². The molecule has 0 aliphatic carbocycles. The van der Waals surface area contributed by atoms with Crippen LogP contribution < -0.4 is 0 Å². The molecule has 9 heteroatoms. The van der Waals surface area contributed by atoms with E-state index in [0.29, 0.717) is 11.1 Å². The molecule has 0 radical (unpaired) electrons. The third kappa shape index (κ3) is 4.74. The predicted octanol–water partition coefficient (Wildman–Crippen LogP) is 4.53. The molecule has 1 unspecified atom stereocenters. The van der Waals surface area contributed by atoms with Gasteiger partial charge in [0.2, 0.25) is 0 Å². The Morgan fingerprint density at radius 2 is 1.70 bits per heavy atom. The van der Waals surface area contributed by atoms with Gasteiger partial charge in [-0.15, -0.1) is 0 Å². The van der Waals surface area contributed by atoms with Crippen LogP contribution in [-0.4, -0.2) is 24.4 Å². The smallest absolute Gasteiger partial charge is 0.281 e. The molecule has 0 fully saturated rings. The van der Waals surface area contributed by atoms with Crippen molar-refractivity contribution < 1.29 is 34.9 Å². The van der Waals surface area contributed by atoms with E-state index in [1.54, 1.807) is 30.3 Å². The Labute approximate surface area is 130 Å². The van der Waals surface area contributed by atoms with Crippen molar-refractivity contribution in [3.63, 3.8) is 0 Å². The Hall–Kier alpha value is -1.48. The third-order valence-electron chi connectivity index (χ3n) is 3.34. The van der Waals surface area contributed by atoms with Crippen LogP contribution in [0.5, 0.6) is 0 Å². The molecule has 0 heterocycles. The van der Waals surface area contributed by atoms with E-state index < -0.39 is 40.3 Å². The minimum absolute atomic E-state index is 0.367. The van der Waals surface area contributed by atoms with Crippen LogP contribution >= 0.6 is 0 Å². The van der Waals surface area contributed by atoms with Gasteiger partial charge in [0.05, 0.1) is 0 Å². The summed E-state index contributed by atoms with van der Waals surface area (Å²) in [6.07, 6.45) is -5.61. The lowest BCUT2D eigenvalue weighted by atomic mass is 9.95. The molecule has 0 spiro atoms. The maximum Gasteiger partial charge on any atom is 0.398 e. The van der Waals surface area contributed by atoms with Gasteiger partial charge in [0.15, 0.2) is 0 Å². The van der Waals surface area contributed by atoms with Gasteiger partial charge in [0.1, 0.15) is 5.92 Å². The highest BCUT2D eigenvalue weighted by molar-refractivity contribution is 7.86. The predicted molar refractivity (Wildman–Crippen MR) is 75.4 cm³/mol. The minimum atomic E-state index is -6.18. The van der Waals surface area contributed by atoms with E-state index in [1.165, 1.54) is 13.0 Å². The van der Waals surface area contributed by atoms with Crippen molar-refractivity contribution >= 4 is 15.7 Å². The first-order valence-electron chi connectivity index (χ1n) is 6.53. The lowest BCUT2D eigenvalue weighted by molar-refractivity contribution is -0.220. The number of halogens is 5. The molecule has 1 aromatic carbocycles. The summed E-state index contributed by atoms with van der Waals surface area (Å²) in [7, 11) is -6.18. The van der Waals surface area contributed by atoms with Crippen molar-refractivity contribution in [2.45, 2.75) is 31.2 Å². The average Bonchev–Trinajstić information content (AvgIpc) is 2.41. The summed E-state index contributed by atoms with van der Waals surface area (Å²) in [5.74, 6) is -3.50. The molecular weight excluding hydrogens is 343 g/mol. The largest absolute Gasteiger partial charge is 0.398 e. The quantitative estimate of drug-likeness (QED) is 0.600. The number of hydrogen-bond donors (Lipinski definition) is 1. The molecule has 23 heavy (non-hydrogen) atoms. The number of benzene rings is 1. The van der Waals surface area contributed by atoms with E-state index in [9.17, 15) is 30.4 Å². The Balaban J connectivity index is 3.05. The van der Waals surface area contributed by atoms with Gasteiger partial charge in [-0.2, -0.15) is 30.4 Å². The molecule has 1 atom stereocenters. The molecule has 130 valence electrons. The van der Waals surface area contributed by atoms with E-state index in [2.05, 4.69) is 0 Å². The van der Waals surface area contributed by atoms with Gasteiger partial charge >= 0.3 is 21.5 Å². The van der Waals surface area contributed by atoms with Crippen molar-refractivity contribution in [2.75, 3.05) is 0 Å². The SMILES string of the molecule is CC=C(CCC(C(F)(F)F)C(F)(F)S(=O)(=O)O)c1ccccc1. The van der Waals surface area contributed by atoms with Gasteiger partial charge in [-0.25, -0.2) is 0 Å². The molecule has 0 aliphatic rings. The number of hydrogen-bond acceptors (Lipinski definition) is 2. The number of allylic oxidation sites excluding steroid dienone is 2. The molecule has 0 bridgehead atoms. The van der Waals surface area contributed by atoms with E-state index in [0.717, 1.165) is 0 Å². The molecular formula is C14H15F5O3S. The first kappa shape index (κ1) is 19.6. The zero-order valence-electron chi connectivity index (χ0n) is 12.0. The standard InChI is InChI=1S/C14H15F5O3S/c1-2-10(11-6-4-3-5-7-11)8-9-12(13(15,16)17)14(18,19)23(20,21)22/h2-7,12H,8-9H2,1H3,(H,20,21,22). The van der Waals surface area contributed by atoms with E-state index in [-0.39, 0.29) is 0 Å². The highest BCUT2D eigenvalue weighted by atomic mass is 32.2. The van der Waals surface area contributed by atoms with E-state index in [4.69, 9.17) is 4.55 Å². The first-order valence-corrected chi connectivity index (χ1v) is 7.97. The van der Waals surface area contributed by atoms with Gasteiger partial charge in [0.25, 0.3) is 0 Å². The third-order valence-corrected chi connectivity index (χ3v) is 4.31. The highest BCUT2D eigenvalue weighted by Crippen LogP contribution is 2.44. The molecule has 3 nitrogen and oxygen atoms in total. The summed E-state index contributed by atoms with van der Waals surface area (Å²) in [4.78, 5) is 0. The van der Waals surface area contributed by atoms with E-state index in [1.807, 2.05) is 0 Å². The molecule has 0 aliphatic heterocycles. The molecule has 0 amide bonds. The summed E-state index contributed by atoms with van der Waals surface area (Å²) in [5.41, 5.74) is 0.914. The van der Waals surface area contributed by atoms with Crippen LogP contribution in [0.3, 0.4) is 0 Å². The average molecular weight is 358 g/mol. The van der Waals surface area contributed by atoms with Crippen LogP contribution in [0.25, 0.3) is 5.57 Å².